The Hall–Kier alpha value is -2.34. The molecular weight excluding hydrogens is 312 g/mol. The van der Waals surface area contributed by atoms with Gasteiger partial charge < -0.3 is 5.32 Å². The van der Waals surface area contributed by atoms with E-state index in [9.17, 15) is 14.9 Å². The molecule has 0 spiro atoms. The maximum atomic E-state index is 11.9. The number of nitrogens with one attached hydrogen (secondary N) is 1. The van der Waals surface area contributed by atoms with E-state index in [1.165, 1.54) is 35.4 Å². The van der Waals surface area contributed by atoms with Crippen LogP contribution < -0.4 is 5.32 Å². The molecule has 0 aliphatic rings. The van der Waals surface area contributed by atoms with Crippen molar-refractivity contribution in [1.82, 2.24) is 5.32 Å². The van der Waals surface area contributed by atoms with E-state index in [0.29, 0.717) is 12.1 Å². The second-order valence-electron chi connectivity index (χ2n) is 5.10. The first-order valence-corrected chi connectivity index (χ1v) is 8.37. The van der Waals surface area contributed by atoms with Crippen LogP contribution >= 0.6 is 11.8 Å². The Balaban J connectivity index is 1.70. The van der Waals surface area contributed by atoms with Crippen molar-refractivity contribution in [2.24, 2.45) is 0 Å². The molecule has 0 aliphatic carbocycles. The van der Waals surface area contributed by atoms with Crippen molar-refractivity contribution in [2.45, 2.75) is 12.7 Å². The molecule has 0 saturated carbocycles. The first kappa shape index (κ1) is 17.0. The molecule has 0 unspecified atom stereocenters. The van der Waals surface area contributed by atoms with Crippen LogP contribution in [0.5, 0.6) is 0 Å². The van der Waals surface area contributed by atoms with Crippen LogP contribution in [0.2, 0.25) is 0 Å². The molecule has 2 rings (SSSR count). The molecule has 0 aromatic heterocycles. The number of aryl methyl sites for hydroxylation is 1. The van der Waals surface area contributed by atoms with E-state index in [1.807, 2.05) is 0 Å². The smallest absolute Gasteiger partial charge is 0.269 e. The van der Waals surface area contributed by atoms with E-state index < -0.39 is 4.92 Å². The van der Waals surface area contributed by atoms with E-state index in [4.69, 9.17) is 0 Å². The summed E-state index contributed by atoms with van der Waals surface area (Å²) in [5.74, 6) is 1.51. The topological polar surface area (TPSA) is 72.2 Å². The third kappa shape index (κ3) is 5.41. The van der Waals surface area contributed by atoms with Crippen LogP contribution in [-0.2, 0) is 5.75 Å². The summed E-state index contributed by atoms with van der Waals surface area (Å²) in [6.45, 7) is 2.62. The van der Waals surface area contributed by atoms with Gasteiger partial charge in [-0.15, -0.1) is 0 Å². The van der Waals surface area contributed by atoms with E-state index in [0.717, 1.165) is 11.5 Å². The van der Waals surface area contributed by atoms with Crippen LogP contribution in [-0.4, -0.2) is 23.1 Å². The van der Waals surface area contributed by atoms with Gasteiger partial charge in [0.15, 0.2) is 0 Å². The monoisotopic (exact) mass is 330 g/mol. The lowest BCUT2D eigenvalue weighted by atomic mass is 10.2. The summed E-state index contributed by atoms with van der Waals surface area (Å²) in [4.78, 5) is 22.0. The molecule has 0 heterocycles. The number of nitro groups is 1. The van der Waals surface area contributed by atoms with Gasteiger partial charge in [0.05, 0.1) is 4.92 Å². The second kappa shape index (κ2) is 8.33. The van der Waals surface area contributed by atoms with Crippen LogP contribution in [0.1, 0.15) is 21.5 Å². The molecule has 0 aliphatic heterocycles. The van der Waals surface area contributed by atoms with Gasteiger partial charge in [-0.2, -0.15) is 11.8 Å². The molecule has 5 nitrogen and oxygen atoms in total. The van der Waals surface area contributed by atoms with Gasteiger partial charge in [-0.1, -0.05) is 29.8 Å². The molecule has 6 heteroatoms. The Bertz CT molecular complexity index is 669. The summed E-state index contributed by atoms with van der Waals surface area (Å²) in [5, 5.41) is 13.4. The quantitative estimate of drug-likeness (QED) is 0.478. The minimum atomic E-state index is -0.483. The van der Waals surface area contributed by atoms with Crippen LogP contribution in [0.25, 0.3) is 0 Å². The van der Waals surface area contributed by atoms with E-state index in [1.54, 1.807) is 11.8 Å². The zero-order valence-electron chi connectivity index (χ0n) is 12.8. The number of thioether (sulfide) groups is 1. The molecule has 0 saturated heterocycles. The average molecular weight is 330 g/mol. The number of benzene rings is 2. The molecule has 2 aromatic rings. The van der Waals surface area contributed by atoms with Crippen LogP contribution in [0.15, 0.2) is 48.5 Å². The zero-order valence-corrected chi connectivity index (χ0v) is 13.6. The number of hydrogen-bond donors (Lipinski definition) is 1. The van der Waals surface area contributed by atoms with Crippen molar-refractivity contribution >= 4 is 23.4 Å². The van der Waals surface area contributed by atoms with Crippen molar-refractivity contribution < 1.29 is 9.72 Å². The highest BCUT2D eigenvalue weighted by Gasteiger charge is 2.08. The lowest BCUT2D eigenvalue weighted by molar-refractivity contribution is -0.384. The van der Waals surface area contributed by atoms with Crippen LogP contribution in [0.3, 0.4) is 0 Å². The van der Waals surface area contributed by atoms with Crippen LogP contribution in [0, 0.1) is 17.0 Å². The Labute approximate surface area is 139 Å². The molecule has 2 aromatic carbocycles. The van der Waals surface area contributed by atoms with Gasteiger partial charge in [0.1, 0.15) is 0 Å². The summed E-state index contributed by atoms with van der Waals surface area (Å²) in [6, 6.07) is 14.0. The average Bonchev–Trinajstić information content (AvgIpc) is 2.56. The van der Waals surface area contributed by atoms with Gasteiger partial charge >= 0.3 is 0 Å². The number of carbonyl (C=O) groups excluding carboxylic acids is 1. The molecule has 0 atom stereocenters. The Morgan fingerprint density at radius 2 is 1.78 bits per heavy atom. The van der Waals surface area contributed by atoms with Gasteiger partial charge in [0, 0.05) is 35.7 Å². The number of non-ortho nitro benzene ring substituents is 1. The maximum absolute atomic E-state index is 11.9. The fraction of sp³-hybridized carbons (Fsp3) is 0.235. The Morgan fingerprint density at radius 3 is 2.39 bits per heavy atom. The molecule has 23 heavy (non-hydrogen) atoms. The fourth-order valence-corrected chi connectivity index (χ4v) is 2.77. The highest BCUT2D eigenvalue weighted by Crippen LogP contribution is 2.13. The largest absolute Gasteiger partial charge is 0.351 e. The third-order valence-corrected chi connectivity index (χ3v) is 4.29. The fourth-order valence-electron chi connectivity index (χ4n) is 1.95. The summed E-state index contributed by atoms with van der Waals surface area (Å²) >= 11 is 1.75. The summed E-state index contributed by atoms with van der Waals surface area (Å²) in [5.41, 5.74) is 2.92. The van der Waals surface area contributed by atoms with Crippen molar-refractivity contribution in [1.29, 1.82) is 0 Å². The SMILES string of the molecule is Cc1ccc(CSCCNC(=O)c2ccc([N+](=O)[O-])cc2)cc1. The predicted molar refractivity (Wildman–Crippen MR) is 92.8 cm³/mol. The third-order valence-electron chi connectivity index (χ3n) is 3.26. The van der Waals surface area contributed by atoms with Gasteiger partial charge in [-0.25, -0.2) is 0 Å². The van der Waals surface area contributed by atoms with E-state index in [2.05, 4.69) is 36.5 Å². The molecule has 0 radical (unpaired) electrons. The van der Waals surface area contributed by atoms with E-state index in [-0.39, 0.29) is 11.6 Å². The second-order valence-corrected chi connectivity index (χ2v) is 6.20. The van der Waals surface area contributed by atoms with Gasteiger partial charge in [0.25, 0.3) is 11.6 Å². The Morgan fingerprint density at radius 1 is 1.13 bits per heavy atom. The minimum absolute atomic E-state index is 0.0183. The lowest BCUT2D eigenvalue weighted by Gasteiger charge is -2.06. The van der Waals surface area contributed by atoms with Gasteiger partial charge in [0.2, 0.25) is 0 Å². The standard InChI is InChI=1S/C17H18N2O3S/c1-13-2-4-14(5-3-13)12-23-11-10-18-17(20)15-6-8-16(9-7-15)19(21)22/h2-9H,10-12H2,1H3,(H,18,20). The number of carbonyl (C=O) groups is 1. The number of nitro benzene ring substituents is 1. The van der Waals surface area contributed by atoms with E-state index >= 15 is 0 Å². The first-order valence-electron chi connectivity index (χ1n) is 7.22. The number of hydrogen-bond acceptors (Lipinski definition) is 4. The zero-order chi connectivity index (χ0) is 16.7. The van der Waals surface area contributed by atoms with Crippen molar-refractivity contribution in [3.63, 3.8) is 0 Å². The summed E-state index contributed by atoms with van der Waals surface area (Å²) in [6.07, 6.45) is 0. The number of rotatable bonds is 7. The molecule has 1 amide bonds. The number of nitrogens with zero attached hydrogens (tertiary/aromatic N) is 1. The lowest BCUT2D eigenvalue weighted by Crippen LogP contribution is -2.25. The molecule has 0 bridgehead atoms. The van der Waals surface area contributed by atoms with Crippen molar-refractivity contribution in [3.8, 4) is 0 Å². The van der Waals surface area contributed by atoms with Crippen molar-refractivity contribution in [2.75, 3.05) is 12.3 Å². The summed E-state index contributed by atoms with van der Waals surface area (Å²) in [7, 11) is 0. The van der Waals surface area contributed by atoms with Gasteiger partial charge in [-0.3, -0.25) is 14.9 Å². The van der Waals surface area contributed by atoms with Gasteiger partial charge in [-0.05, 0) is 24.6 Å². The summed E-state index contributed by atoms with van der Waals surface area (Å²) < 4.78 is 0. The minimum Gasteiger partial charge on any atom is -0.351 e. The highest BCUT2D eigenvalue weighted by atomic mass is 32.2. The number of amides is 1. The van der Waals surface area contributed by atoms with Crippen LogP contribution in [0.4, 0.5) is 5.69 Å². The maximum Gasteiger partial charge on any atom is 0.269 e. The van der Waals surface area contributed by atoms with Crippen molar-refractivity contribution in [3.05, 3.63) is 75.3 Å². The molecule has 120 valence electrons. The first-order chi connectivity index (χ1) is 11.1. The molecule has 0 fully saturated rings. The highest BCUT2D eigenvalue weighted by molar-refractivity contribution is 7.98. The predicted octanol–water partition coefficient (Wildman–Crippen LogP) is 3.57. The molecule has 1 N–H and O–H groups in total. The normalized spacial score (nSPS) is 10.3. The Kier molecular flexibility index (Phi) is 6.17. The molecular formula is C17H18N2O3S.